The lowest BCUT2D eigenvalue weighted by Crippen LogP contribution is -2.46. The van der Waals surface area contributed by atoms with Gasteiger partial charge in [-0.25, -0.2) is 9.59 Å². The van der Waals surface area contributed by atoms with Crippen molar-refractivity contribution in [3.63, 3.8) is 0 Å². The molecule has 2 amide bonds. The minimum absolute atomic E-state index is 0.189. The fourth-order valence-electron chi connectivity index (χ4n) is 2.60. The highest BCUT2D eigenvalue weighted by molar-refractivity contribution is 9.11. The van der Waals surface area contributed by atoms with Crippen molar-refractivity contribution in [1.29, 1.82) is 0 Å². The first-order chi connectivity index (χ1) is 12.0. The smallest absolute Gasteiger partial charge is 0.338 e. The van der Waals surface area contributed by atoms with E-state index in [-0.39, 0.29) is 12.6 Å². The fourth-order valence-corrected chi connectivity index (χ4v) is 4.08. The molecule has 0 saturated heterocycles. The normalized spacial score (nSPS) is 17.5. The Balaban J connectivity index is 1.88. The maximum atomic E-state index is 12.8. The summed E-state index contributed by atoms with van der Waals surface area (Å²) >= 11 is 4.90. The standard InChI is InChI=1S/C18H17BrN2O3S/c1-11-15(17(22)24-10-12-6-4-3-5-7-12)16(20-18(23)21(11)2)13-8-9-14(19)25-13/h3-9,16H,10H2,1-2H3,(H,20,23)/t16-/m0/s1. The molecule has 1 aliphatic rings. The van der Waals surface area contributed by atoms with Crippen LogP contribution >= 0.6 is 27.3 Å². The molecular formula is C18H17BrN2O3S. The molecule has 1 atom stereocenters. The van der Waals surface area contributed by atoms with E-state index in [0.717, 1.165) is 14.2 Å². The van der Waals surface area contributed by atoms with Crippen molar-refractivity contribution in [2.45, 2.75) is 19.6 Å². The molecule has 5 nitrogen and oxygen atoms in total. The lowest BCUT2D eigenvalue weighted by Gasteiger charge is -2.32. The number of hydrogen-bond donors (Lipinski definition) is 1. The summed E-state index contributed by atoms with van der Waals surface area (Å²) in [5.74, 6) is -0.428. The van der Waals surface area contributed by atoms with Gasteiger partial charge in [-0.2, -0.15) is 0 Å². The second-order valence-electron chi connectivity index (χ2n) is 5.64. The van der Waals surface area contributed by atoms with Crippen LogP contribution in [0.25, 0.3) is 0 Å². The second kappa shape index (κ2) is 7.41. The second-order valence-corrected chi connectivity index (χ2v) is 8.14. The Morgan fingerprint density at radius 2 is 2.00 bits per heavy atom. The molecule has 2 aromatic rings. The third-order valence-electron chi connectivity index (χ3n) is 4.07. The van der Waals surface area contributed by atoms with Gasteiger partial charge in [0.25, 0.3) is 0 Å². The van der Waals surface area contributed by atoms with Crippen LogP contribution in [0.1, 0.15) is 23.4 Å². The molecule has 0 spiro atoms. The van der Waals surface area contributed by atoms with Crippen molar-refractivity contribution in [3.8, 4) is 0 Å². The monoisotopic (exact) mass is 420 g/mol. The molecule has 0 aliphatic carbocycles. The van der Waals surface area contributed by atoms with Crippen LogP contribution in [-0.2, 0) is 16.1 Å². The number of hydrogen-bond acceptors (Lipinski definition) is 4. The lowest BCUT2D eigenvalue weighted by atomic mass is 10.0. The van der Waals surface area contributed by atoms with E-state index in [9.17, 15) is 9.59 Å². The quantitative estimate of drug-likeness (QED) is 0.752. The zero-order chi connectivity index (χ0) is 18.0. The van der Waals surface area contributed by atoms with E-state index in [1.165, 1.54) is 16.2 Å². The number of carbonyl (C=O) groups is 2. The zero-order valence-corrected chi connectivity index (χ0v) is 16.2. The van der Waals surface area contributed by atoms with E-state index in [0.29, 0.717) is 11.3 Å². The molecule has 25 heavy (non-hydrogen) atoms. The number of rotatable bonds is 4. The van der Waals surface area contributed by atoms with E-state index >= 15 is 0 Å². The summed E-state index contributed by atoms with van der Waals surface area (Å²) in [6.07, 6.45) is 0. The topological polar surface area (TPSA) is 58.6 Å². The van der Waals surface area contributed by atoms with E-state index in [4.69, 9.17) is 4.74 Å². The van der Waals surface area contributed by atoms with Crippen LogP contribution in [0, 0.1) is 0 Å². The summed E-state index contributed by atoms with van der Waals surface area (Å²) < 4.78 is 6.43. The Morgan fingerprint density at radius 1 is 1.28 bits per heavy atom. The molecule has 2 heterocycles. The van der Waals surface area contributed by atoms with Crippen molar-refractivity contribution >= 4 is 39.3 Å². The van der Waals surface area contributed by atoms with Gasteiger partial charge in [0.15, 0.2) is 0 Å². The number of ether oxygens (including phenoxy) is 1. The third kappa shape index (κ3) is 3.77. The van der Waals surface area contributed by atoms with Crippen LogP contribution in [-0.4, -0.2) is 23.9 Å². The number of urea groups is 1. The van der Waals surface area contributed by atoms with Gasteiger partial charge >= 0.3 is 12.0 Å². The van der Waals surface area contributed by atoms with E-state index < -0.39 is 12.0 Å². The van der Waals surface area contributed by atoms with Gasteiger partial charge in [-0.15, -0.1) is 11.3 Å². The molecule has 0 saturated carbocycles. The van der Waals surface area contributed by atoms with Crippen molar-refractivity contribution in [3.05, 3.63) is 68.0 Å². The third-order valence-corrected chi connectivity index (χ3v) is 5.75. The number of thiophene rings is 1. The van der Waals surface area contributed by atoms with E-state index in [1.54, 1.807) is 14.0 Å². The largest absolute Gasteiger partial charge is 0.457 e. The van der Waals surface area contributed by atoms with Crippen molar-refractivity contribution < 1.29 is 14.3 Å². The van der Waals surface area contributed by atoms with Crippen LogP contribution < -0.4 is 5.32 Å². The molecule has 1 aromatic heterocycles. The molecule has 1 N–H and O–H groups in total. The molecule has 0 bridgehead atoms. The number of carbonyl (C=O) groups excluding carboxylic acids is 2. The summed E-state index contributed by atoms with van der Waals surface area (Å²) in [5, 5.41) is 2.87. The van der Waals surface area contributed by atoms with Crippen molar-refractivity contribution in [2.24, 2.45) is 0 Å². The maximum absolute atomic E-state index is 12.8. The molecule has 0 unspecified atom stereocenters. The summed E-state index contributed by atoms with van der Waals surface area (Å²) in [6, 6.07) is 12.5. The lowest BCUT2D eigenvalue weighted by molar-refractivity contribution is -0.140. The summed E-state index contributed by atoms with van der Waals surface area (Å²) in [5.41, 5.74) is 1.96. The summed E-state index contributed by atoms with van der Waals surface area (Å²) in [4.78, 5) is 27.2. The molecular weight excluding hydrogens is 404 g/mol. The zero-order valence-electron chi connectivity index (χ0n) is 13.8. The maximum Gasteiger partial charge on any atom is 0.338 e. The molecule has 7 heteroatoms. The van der Waals surface area contributed by atoms with Gasteiger partial charge in [-0.1, -0.05) is 30.3 Å². The van der Waals surface area contributed by atoms with Gasteiger partial charge in [0, 0.05) is 17.6 Å². The predicted octanol–water partition coefficient (Wildman–Crippen LogP) is 4.22. The van der Waals surface area contributed by atoms with E-state index in [1.807, 2.05) is 42.5 Å². The van der Waals surface area contributed by atoms with Crippen molar-refractivity contribution in [1.82, 2.24) is 10.2 Å². The van der Waals surface area contributed by atoms with Gasteiger partial charge in [0.1, 0.15) is 6.61 Å². The Hall–Kier alpha value is -2.12. The summed E-state index contributed by atoms with van der Waals surface area (Å²) in [7, 11) is 1.63. The number of halogens is 1. The minimum atomic E-state index is -0.511. The van der Waals surface area contributed by atoms with Crippen LogP contribution in [0.3, 0.4) is 0 Å². The van der Waals surface area contributed by atoms with Gasteiger partial charge in [-0.3, -0.25) is 0 Å². The van der Waals surface area contributed by atoms with Crippen molar-refractivity contribution in [2.75, 3.05) is 7.05 Å². The molecule has 0 fully saturated rings. The first-order valence-electron chi connectivity index (χ1n) is 7.68. The van der Waals surface area contributed by atoms with Crippen LogP contribution in [0.5, 0.6) is 0 Å². The Bertz CT molecular complexity index is 832. The number of esters is 1. The van der Waals surface area contributed by atoms with Gasteiger partial charge in [-0.05, 0) is 40.5 Å². The highest BCUT2D eigenvalue weighted by atomic mass is 79.9. The molecule has 1 aliphatic heterocycles. The van der Waals surface area contributed by atoms with Crippen LogP contribution in [0.4, 0.5) is 4.79 Å². The number of allylic oxidation sites excluding steroid dienone is 1. The number of benzene rings is 1. The van der Waals surface area contributed by atoms with Gasteiger partial charge in [0.05, 0.1) is 15.4 Å². The summed E-state index contributed by atoms with van der Waals surface area (Å²) in [6.45, 7) is 1.95. The molecule has 130 valence electrons. The van der Waals surface area contributed by atoms with Crippen LogP contribution in [0.15, 0.2) is 57.5 Å². The number of nitrogens with zero attached hydrogens (tertiary/aromatic N) is 1. The Morgan fingerprint density at radius 3 is 2.64 bits per heavy atom. The minimum Gasteiger partial charge on any atom is -0.457 e. The Labute approximate surface area is 158 Å². The van der Waals surface area contributed by atoms with Gasteiger partial charge < -0.3 is 15.0 Å². The highest BCUT2D eigenvalue weighted by Gasteiger charge is 2.35. The predicted molar refractivity (Wildman–Crippen MR) is 100.0 cm³/mol. The molecule has 1 aromatic carbocycles. The average molecular weight is 421 g/mol. The first-order valence-corrected chi connectivity index (χ1v) is 9.29. The van der Waals surface area contributed by atoms with Gasteiger partial charge in [0.2, 0.25) is 0 Å². The highest BCUT2D eigenvalue weighted by Crippen LogP contribution is 2.36. The fraction of sp³-hybridized carbons (Fsp3) is 0.222. The SMILES string of the molecule is CC1=C(C(=O)OCc2ccccc2)[C@H](c2ccc(Br)s2)NC(=O)N1C. The first kappa shape index (κ1) is 17.7. The molecule has 3 rings (SSSR count). The average Bonchev–Trinajstić information content (AvgIpc) is 3.04. The number of amides is 2. The van der Waals surface area contributed by atoms with E-state index in [2.05, 4.69) is 21.2 Å². The number of nitrogens with one attached hydrogen (secondary N) is 1. The van der Waals surface area contributed by atoms with Crippen LogP contribution in [0.2, 0.25) is 0 Å². The Kier molecular flexibility index (Phi) is 5.24. The molecule has 0 radical (unpaired) electrons.